The van der Waals surface area contributed by atoms with Crippen molar-refractivity contribution >= 4 is 0 Å². The highest BCUT2D eigenvalue weighted by Gasteiger charge is 2.25. The average Bonchev–Trinajstić information content (AvgIpc) is 2.94. The van der Waals surface area contributed by atoms with Gasteiger partial charge in [0.25, 0.3) is 0 Å². The van der Waals surface area contributed by atoms with Gasteiger partial charge in [-0.15, -0.1) is 0 Å². The van der Waals surface area contributed by atoms with Crippen molar-refractivity contribution in [1.82, 2.24) is 5.32 Å². The van der Waals surface area contributed by atoms with Crippen LogP contribution in [0.25, 0.3) is 0 Å². The molecule has 1 N–H and O–H groups in total. The fourth-order valence-electron chi connectivity index (χ4n) is 3.14. The summed E-state index contributed by atoms with van der Waals surface area (Å²) in [5.41, 5.74) is 1.49. The maximum atomic E-state index is 3.81. The Hall–Kier alpha value is -0.820. The van der Waals surface area contributed by atoms with Crippen LogP contribution in [0.1, 0.15) is 63.5 Å². The maximum Gasteiger partial charge on any atom is 0.0348 e. The molecule has 1 nitrogen and oxygen atoms in total. The smallest absolute Gasteiger partial charge is 0.0348 e. The van der Waals surface area contributed by atoms with E-state index in [1.165, 1.54) is 57.1 Å². The molecule has 1 aromatic rings. The van der Waals surface area contributed by atoms with Crippen molar-refractivity contribution in [3.63, 3.8) is 0 Å². The number of hydrogen-bond acceptors (Lipinski definition) is 1. The molecule has 1 aliphatic carbocycles. The standard InChI is InChI=1S/C17H27N/c1-2-3-9-14-18-17(16-12-7-8-13-16)15-10-5-4-6-11-15/h4-6,10-11,16-18H,2-3,7-9,12-14H2,1H3. The number of benzene rings is 1. The molecule has 0 bridgehead atoms. The van der Waals surface area contributed by atoms with Gasteiger partial charge in [0, 0.05) is 6.04 Å². The highest BCUT2D eigenvalue weighted by atomic mass is 14.9. The predicted molar refractivity (Wildman–Crippen MR) is 78.7 cm³/mol. The summed E-state index contributed by atoms with van der Waals surface area (Å²) < 4.78 is 0. The van der Waals surface area contributed by atoms with Gasteiger partial charge >= 0.3 is 0 Å². The molecule has 0 aromatic heterocycles. The van der Waals surface area contributed by atoms with E-state index in [1.54, 1.807) is 0 Å². The average molecular weight is 245 g/mol. The molecule has 0 radical (unpaired) electrons. The van der Waals surface area contributed by atoms with Crippen molar-refractivity contribution in [2.45, 2.75) is 57.9 Å². The monoisotopic (exact) mass is 245 g/mol. The number of unbranched alkanes of at least 4 members (excludes halogenated alkanes) is 2. The van der Waals surface area contributed by atoms with Gasteiger partial charge in [-0.1, -0.05) is 62.9 Å². The van der Waals surface area contributed by atoms with Crippen molar-refractivity contribution in [3.05, 3.63) is 35.9 Å². The number of rotatable bonds is 7. The third-order valence-corrected chi connectivity index (χ3v) is 4.17. The van der Waals surface area contributed by atoms with Gasteiger partial charge in [0.05, 0.1) is 0 Å². The highest BCUT2D eigenvalue weighted by molar-refractivity contribution is 5.20. The summed E-state index contributed by atoms with van der Waals surface area (Å²) >= 11 is 0. The van der Waals surface area contributed by atoms with Gasteiger partial charge < -0.3 is 5.32 Å². The van der Waals surface area contributed by atoms with Crippen LogP contribution >= 0.6 is 0 Å². The molecule has 2 rings (SSSR count). The molecule has 0 heterocycles. The molecule has 0 aliphatic heterocycles. The highest BCUT2D eigenvalue weighted by Crippen LogP contribution is 2.35. The summed E-state index contributed by atoms with van der Waals surface area (Å²) in [6.07, 6.45) is 9.61. The summed E-state index contributed by atoms with van der Waals surface area (Å²) in [6.45, 7) is 3.44. The molecular formula is C17H27N. The fourth-order valence-corrected chi connectivity index (χ4v) is 3.14. The lowest BCUT2D eigenvalue weighted by Gasteiger charge is -2.25. The van der Waals surface area contributed by atoms with Crippen LogP contribution in [0.3, 0.4) is 0 Å². The maximum absolute atomic E-state index is 3.81. The molecule has 1 heteroatoms. The van der Waals surface area contributed by atoms with Crippen LogP contribution in [0.15, 0.2) is 30.3 Å². The topological polar surface area (TPSA) is 12.0 Å². The van der Waals surface area contributed by atoms with Crippen LogP contribution in [0.5, 0.6) is 0 Å². The Bertz CT molecular complexity index is 314. The van der Waals surface area contributed by atoms with Crippen molar-refractivity contribution in [3.8, 4) is 0 Å². The van der Waals surface area contributed by atoms with Crippen LogP contribution in [-0.2, 0) is 0 Å². The molecule has 1 atom stereocenters. The molecular weight excluding hydrogens is 218 g/mol. The SMILES string of the molecule is CCCCCNC(c1ccccc1)C1CCCC1. The lowest BCUT2D eigenvalue weighted by Crippen LogP contribution is -2.28. The van der Waals surface area contributed by atoms with E-state index in [4.69, 9.17) is 0 Å². The van der Waals surface area contributed by atoms with Crippen molar-refractivity contribution in [1.29, 1.82) is 0 Å². The zero-order chi connectivity index (χ0) is 12.6. The molecule has 1 unspecified atom stereocenters. The lowest BCUT2D eigenvalue weighted by molar-refractivity contribution is 0.364. The first kappa shape index (κ1) is 13.6. The minimum Gasteiger partial charge on any atom is -0.310 e. The summed E-state index contributed by atoms with van der Waals surface area (Å²) in [5, 5.41) is 3.81. The van der Waals surface area contributed by atoms with Crippen LogP contribution in [0.4, 0.5) is 0 Å². The molecule has 18 heavy (non-hydrogen) atoms. The van der Waals surface area contributed by atoms with E-state index in [9.17, 15) is 0 Å². The molecule has 0 amide bonds. The van der Waals surface area contributed by atoms with E-state index in [-0.39, 0.29) is 0 Å². The quantitative estimate of drug-likeness (QED) is 0.687. The summed E-state index contributed by atoms with van der Waals surface area (Å²) in [4.78, 5) is 0. The van der Waals surface area contributed by atoms with Crippen molar-refractivity contribution in [2.75, 3.05) is 6.54 Å². The largest absolute Gasteiger partial charge is 0.310 e. The van der Waals surface area contributed by atoms with Crippen molar-refractivity contribution < 1.29 is 0 Å². The minimum atomic E-state index is 0.588. The fraction of sp³-hybridized carbons (Fsp3) is 0.647. The summed E-state index contributed by atoms with van der Waals surface area (Å²) in [7, 11) is 0. The molecule has 1 aliphatic rings. The minimum absolute atomic E-state index is 0.588. The summed E-state index contributed by atoms with van der Waals surface area (Å²) in [6, 6.07) is 11.6. The zero-order valence-electron chi connectivity index (χ0n) is 11.7. The van der Waals surface area contributed by atoms with Gasteiger partial charge in [-0.25, -0.2) is 0 Å². The summed E-state index contributed by atoms with van der Waals surface area (Å²) in [5.74, 6) is 0.856. The zero-order valence-corrected chi connectivity index (χ0v) is 11.7. The van der Waals surface area contributed by atoms with E-state index < -0.39 is 0 Å². The number of nitrogens with one attached hydrogen (secondary N) is 1. The normalized spacial score (nSPS) is 18.1. The van der Waals surface area contributed by atoms with Gasteiger partial charge in [-0.2, -0.15) is 0 Å². The second-order valence-corrected chi connectivity index (χ2v) is 5.59. The Kier molecular flexibility index (Phi) is 5.73. The van der Waals surface area contributed by atoms with Gasteiger partial charge in [-0.3, -0.25) is 0 Å². The molecule has 1 fully saturated rings. The Morgan fingerprint density at radius 3 is 2.50 bits per heavy atom. The first-order valence-corrected chi connectivity index (χ1v) is 7.70. The van der Waals surface area contributed by atoms with Gasteiger partial charge in [0.1, 0.15) is 0 Å². The van der Waals surface area contributed by atoms with Gasteiger partial charge in [0.2, 0.25) is 0 Å². The van der Waals surface area contributed by atoms with Crippen molar-refractivity contribution in [2.24, 2.45) is 5.92 Å². The first-order valence-electron chi connectivity index (χ1n) is 7.70. The number of hydrogen-bond donors (Lipinski definition) is 1. The van der Waals surface area contributed by atoms with E-state index in [1.807, 2.05) is 0 Å². The first-order chi connectivity index (χ1) is 8.92. The van der Waals surface area contributed by atoms with Crippen LogP contribution in [0.2, 0.25) is 0 Å². The lowest BCUT2D eigenvalue weighted by atomic mass is 9.91. The molecule has 0 spiro atoms. The second kappa shape index (κ2) is 7.58. The van der Waals surface area contributed by atoms with E-state index in [2.05, 4.69) is 42.6 Å². The Morgan fingerprint density at radius 1 is 1.11 bits per heavy atom. The Morgan fingerprint density at radius 2 is 1.83 bits per heavy atom. The molecule has 0 saturated heterocycles. The van der Waals surface area contributed by atoms with Crippen LogP contribution in [0, 0.1) is 5.92 Å². The third kappa shape index (κ3) is 3.84. The third-order valence-electron chi connectivity index (χ3n) is 4.17. The van der Waals surface area contributed by atoms with E-state index in [0.29, 0.717) is 6.04 Å². The predicted octanol–water partition coefficient (Wildman–Crippen LogP) is 4.70. The van der Waals surface area contributed by atoms with Crippen LogP contribution in [-0.4, -0.2) is 6.54 Å². The van der Waals surface area contributed by atoms with E-state index >= 15 is 0 Å². The second-order valence-electron chi connectivity index (χ2n) is 5.59. The van der Waals surface area contributed by atoms with Crippen LogP contribution < -0.4 is 5.32 Å². The van der Waals surface area contributed by atoms with E-state index in [0.717, 1.165) is 5.92 Å². The van der Waals surface area contributed by atoms with Gasteiger partial charge in [-0.05, 0) is 37.3 Å². The Balaban J connectivity index is 1.94. The van der Waals surface area contributed by atoms with Gasteiger partial charge in [0.15, 0.2) is 0 Å². The molecule has 1 aromatic carbocycles. The Labute approximate surface area is 112 Å². The molecule has 1 saturated carbocycles. The molecule has 100 valence electrons.